The van der Waals surface area contributed by atoms with Gasteiger partial charge in [-0.2, -0.15) is 0 Å². The number of hydrogen-bond acceptors (Lipinski definition) is 6. The summed E-state index contributed by atoms with van der Waals surface area (Å²) in [6, 6.07) is 3.62. The lowest BCUT2D eigenvalue weighted by Crippen LogP contribution is -2.29. The zero-order valence-corrected chi connectivity index (χ0v) is 9.91. The third-order valence-electron chi connectivity index (χ3n) is 2.02. The molecule has 102 valence electrons. The number of amides is 2. The van der Waals surface area contributed by atoms with E-state index >= 15 is 0 Å². The predicted octanol–water partition coefficient (Wildman–Crippen LogP) is -0.250. The van der Waals surface area contributed by atoms with Crippen LogP contribution in [0.5, 0.6) is 5.75 Å². The van der Waals surface area contributed by atoms with Crippen molar-refractivity contribution in [1.82, 2.24) is 5.48 Å². The van der Waals surface area contributed by atoms with Gasteiger partial charge in [-0.3, -0.25) is 24.5 Å². The highest BCUT2D eigenvalue weighted by atomic mass is 16.7. The number of nitrogens with two attached hydrogens (primary N) is 1. The SMILES string of the molecule is COc1ccc(C(=O)NOCC(N)=O)cc1[N+](=O)[O-]. The molecule has 0 heterocycles. The molecule has 19 heavy (non-hydrogen) atoms. The van der Waals surface area contributed by atoms with Crippen LogP contribution in [0.3, 0.4) is 0 Å². The van der Waals surface area contributed by atoms with Gasteiger partial charge < -0.3 is 10.5 Å². The number of primary amides is 1. The normalized spacial score (nSPS) is 9.74. The molecule has 0 aliphatic heterocycles. The summed E-state index contributed by atoms with van der Waals surface area (Å²) in [5.74, 6) is -1.48. The summed E-state index contributed by atoms with van der Waals surface area (Å²) in [6.07, 6.45) is 0. The van der Waals surface area contributed by atoms with E-state index in [-0.39, 0.29) is 17.0 Å². The molecule has 1 aromatic carbocycles. The van der Waals surface area contributed by atoms with Gasteiger partial charge in [0.1, 0.15) is 0 Å². The number of carbonyl (C=O) groups is 2. The molecule has 1 rings (SSSR count). The van der Waals surface area contributed by atoms with E-state index in [9.17, 15) is 19.7 Å². The fourth-order valence-corrected chi connectivity index (χ4v) is 1.21. The summed E-state index contributed by atoms with van der Waals surface area (Å²) in [7, 11) is 1.28. The van der Waals surface area contributed by atoms with Crippen LogP contribution in [0.1, 0.15) is 10.4 Å². The second-order valence-corrected chi connectivity index (χ2v) is 3.33. The molecule has 0 aliphatic carbocycles. The van der Waals surface area contributed by atoms with E-state index in [1.54, 1.807) is 0 Å². The Bertz CT molecular complexity index is 516. The molecule has 9 nitrogen and oxygen atoms in total. The molecule has 9 heteroatoms. The molecule has 2 amide bonds. The summed E-state index contributed by atoms with van der Waals surface area (Å²) in [4.78, 5) is 36.5. The van der Waals surface area contributed by atoms with Crippen molar-refractivity contribution in [3.8, 4) is 5.75 Å². The van der Waals surface area contributed by atoms with Gasteiger partial charge in [0.2, 0.25) is 5.91 Å². The minimum absolute atomic E-state index is 0.0167. The molecule has 0 aliphatic rings. The fourth-order valence-electron chi connectivity index (χ4n) is 1.21. The Morgan fingerprint density at radius 1 is 1.47 bits per heavy atom. The number of methoxy groups -OCH3 is 1. The Morgan fingerprint density at radius 2 is 2.16 bits per heavy atom. The topological polar surface area (TPSA) is 134 Å². The maximum Gasteiger partial charge on any atom is 0.311 e. The van der Waals surface area contributed by atoms with E-state index in [0.717, 1.165) is 6.07 Å². The van der Waals surface area contributed by atoms with Gasteiger partial charge in [-0.25, -0.2) is 5.48 Å². The monoisotopic (exact) mass is 269 g/mol. The average Bonchev–Trinajstić information content (AvgIpc) is 2.37. The van der Waals surface area contributed by atoms with Crippen molar-refractivity contribution < 1.29 is 24.1 Å². The lowest BCUT2D eigenvalue weighted by Gasteiger charge is -2.06. The highest BCUT2D eigenvalue weighted by Crippen LogP contribution is 2.27. The Kier molecular flexibility index (Phi) is 4.77. The van der Waals surface area contributed by atoms with Crippen LogP contribution < -0.4 is 16.0 Å². The lowest BCUT2D eigenvalue weighted by molar-refractivity contribution is -0.385. The number of hydrogen-bond donors (Lipinski definition) is 2. The van der Waals surface area contributed by atoms with Crippen molar-refractivity contribution >= 4 is 17.5 Å². The van der Waals surface area contributed by atoms with Crippen molar-refractivity contribution in [3.63, 3.8) is 0 Å². The summed E-state index contributed by atoms with van der Waals surface area (Å²) < 4.78 is 4.79. The predicted molar refractivity (Wildman–Crippen MR) is 62.3 cm³/mol. The van der Waals surface area contributed by atoms with Gasteiger partial charge in [0.05, 0.1) is 12.0 Å². The van der Waals surface area contributed by atoms with E-state index < -0.39 is 23.3 Å². The molecule has 0 saturated carbocycles. The lowest BCUT2D eigenvalue weighted by atomic mass is 10.2. The molecule has 0 saturated heterocycles. The second kappa shape index (κ2) is 6.31. The largest absolute Gasteiger partial charge is 0.490 e. The van der Waals surface area contributed by atoms with Crippen LogP contribution in [0.25, 0.3) is 0 Å². The minimum atomic E-state index is -0.763. The molecule has 0 fully saturated rings. The molecule has 0 aromatic heterocycles. The third-order valence-corrected chi connectivity index (χ3v) is 2.02. The smallest absolute Gasteiger partial charge is 0.311 e. The number of benzene rings is 1. The number of nitrogens with zero attached hydrogens (tertiary/aromatic N) is 1. The van der Waals surface area contributed by atoms with Crippen molar-refractivity contribution in [2.75, 3.05) is 13.7 Å². The number of ether oxygens (including phenoxy) is 1. The van der Waals surface area contributed by atoms with Gasteiger partial charge in [-0.05, 0) is 12.1 Å². The Labute approximate surface area is 107 Å². The quantitative estimate of drug-likeness (QED) is 0.540. The van der Waals surface area contributed by atoms with Crippen molar-refractivity contribution in [2.45, 2.75) is 0 Å². The molecule has 0 atom stereocenters. The van der Waals surface area contributed by atoms with E-state index in [1.165, 1.54) is 19.2 Å². The van der Waals surface area contributed by atoms with Crippen LogP contribution in [-0.2, 0) is 9.63 Å². The van der Waals surface area contributed by atoms with Crippen LogP contribution in [0, 0.1) is 10.1 Å². The van der Waals surface area contributed by atoms with Crippen molar-refractivity contribution in [2.24, 2.45) is 5.73 Å². The standard InChI is InChI=1S/C10H11N3O6/c1-18-8-3-2-6(4-7(8)13(16)17)10(15)12-19-5-9(11)14/h2-4H,5H2,1H3,(H2,11,14)(H,12,15). The Hall–Kier alpha value is -2.68. The van der Waals surface area contributed by atoms with Crippen LogP contribution in [0.2, 0.25) is 0 Å². The van der Waals surface area contributed by atoms with E-state index in [1.807, 2.05) is 5.48 Å². The van der Waals surface area contributed by atoms with E-state index in [2.05, 4.69) is 4.84 Å². The molecule has 3 N–H and O–H groups in total. The first-order valence-corrected chi connectivity index (χ1v) is 4.98. The van der Waals surface area contributed by atoms with E-state index in [4.69, 9.17) is 10.5 Å². The van der Waals surface area contributed by atoms with E-state index in [0.29, 0.717) is 0 Å². The van der Waals surface area contributed by atoms with Gasteiger partial charge >= 0.3 is 5.69 Å². The molecule has 0 radical (unpaired) electrons. The van der Waals surface area contributed by atoms with Crippen molar-refractivity contribution in [1.29, 1.82) is 0 Å². The summed E-state index contributed by atoms with van der Waals surface area (Å²) >= 11 is 0. The zero-order chi connectivity index (χ0) is 14.4. The van der Waals surface area contributed by atoms with Crippen LogP contribution >= 0.6 is 0 Å². The minimum Gasteiger partial charge on any atom is -0.490 e. The van der Waals surface area contributed by atoms with Crippen LogP contribution in [-0.4, -0.2) is 30.5 Å². The maximum absolute atomic E-state index is 11.5. The number of nitro groups is 1. The number of rotatable bonds is 6. The first kappa shape index (κ1) is 14.4. The Morgan fingerprint density at radius 3 is 2.68 bits per heavy atom. The Balaban J connectivity index is 2.83. The molecule has 0 bridgehead atoms. The van der Waals surface area contributed by atoms with Gasteiger partial charge in [-0.15, -0.1) is 0 Å². The number of carbonyl (C=O) groups excluding carboxylic acids is 2. The number of hydroxylamine groups is 1. The van der Waals surface area contributed by atoms with Gasteiger partial charge in [0.25, 0.3) is 5.91 Å². The van der Waals surface area contributed by atoms with Gasteiger partial charge in [0.15, 0.2) is 12.4 Å². The van der Waals surface area contributed by atoms with Gasteiger partial charge in [0, 0.05) is 11.6 Å². The first-order chi connectivity index (χ1) is 8.95. The highest BCUT2D eigenvalue weighted by Gasteiger charge is 2.18. The van der Waals surface area contributed by atoms with Crippen LogP contribution in [0.15, 0.2) is 18.2 Å². The first-order valence-electron chi connectivity index (χ1n) is 4.98. The molecular formula is C10H11N3O6. The second-order valence-electron chi connectivity index (χ2n) is 3.33. The fraction of sp³-hybridized carbons (Fsp3) is 0.200. The number of nitrogens with one attached hydrogen (secondary N) is 1. The summed E-state index contributed by atoms with van der Waals surface area (Å²) in [5, 5.41) is 10.8. The third kappa shape index (κ3) is 3.92. The van der Waals surface area contributed by atoms with Crippen molar-refractivity contribution in [3.05, 3.63) is 33.9 Å². The number of nitro benzene ring substituents is 1. The molecule has 0 spiro atoms. The zero-order valence-electron chi connectivity index (χ0n) is 9.91. The maximum atomic E-state index is 11.5. The molecular weight excluding hydrogens is 258 g/mol. The summed E-state index contributed by atoms with van der Waals surface area (Å²) in [6.45, 7) is -0.496. The van der Waals surface area contributed by atoms with Gasteiger partial charge in [-0.1, -0.05) is 0 Å². The summed E-state index contributed by atoms with van der Waals surface area (Å²) in [5.41, 5.74) is 6.36. The molecule has 0 unspecified atom stereocenters. The van der Waals surface area contributed by atoms with Crippen LogP contribution in [0.4, 0.5) is 5.69 Å². The average molecular weight is 269 g/mol. The highest BCUT2D eigenvalue weighted by molar-refractivity contribution is 5.94. The molecule has 1 aromatic rings.